The average molecular weight is 394 g/mol. The molecule has 1 aliphatic rings. The van der Waals surface area contributed by atoms with Crippen molar-refractivity contribution in [2.45, 2.75) is 32.7 Å². The molecule has 1 fully saturated rings. The van der Waals surface area contributed by atoms with E-state index in [1.807, 2.05) is 54.2 Å². The molecule has 1 N–H and O–H groups in total. The lowest BCUT2D eigenvalue weighted by molar-refractivity contribution is -0.121. The zero-order valence-electron chi connectivity index (χ0n) is 17.6. The van der Waals surface area contributed by atoms with Gasteiger partial charge in [-0.1, -0.05) is 42.0 Å². The maximum absolute atomic E-state index is 12.9. The molecular weight excluding hydrogens is 362 g/mol. The number of carbonyl (C=O) groups is 2. The zero-order chi connectivity index (χ0) is 20.8. The van der Waals surface area contributed by atoms with Crippen LogP contribution in [0.15, 0.2) is 48.5 Å². The number of nitrogens with zero attached hydrogens (tertiary/aromatic N) is 2. The van der Waals surface area contributed by atoms with Gasteiger partial charge in [0.15, 0.2) is 0 Å². The van der Waals surface area contributed by atoms with Crippen LogP contribution in [0, 0.1) is 12.8 Å². The molecule has 0 aromatic heterocycles. The summed E-state index contributed by atoms with van der Waals surface area (Å²) in [6.45, 7) is 4.10. The third-order valence-electron chi connectivity index (χ3n) is 5.11. The summed E-state index contributed by atoms with van der Waals surface area (Å²) in [6.07, 6.45) is 2.31. The van der Waals surface area contributed by atoms with Crippen LogP contribution in [0.4, 0.5) is 5.69 Å². The van der Waals surface area contributed by atoms with Crippen LogP contribution in [0.2, 0.25) is 0 Å². The molecule has 2 amide bonds. The van der Waals surface area contributed by atoms with Gasteiger partial charge in [0, 0.05) is 24.7 Å². The minimum absolute atomic E-state index is 0.0188. The lowest BCUT2D eigenvalue weighted by Crippen LogP contribution is -2.32. The first kappa shape index (κ1) is 21.1. The van der Waals surface area contributed by atoms with Gasteiger partial charge in [0.2, 0.25) is 11.8 Å². The van der Waals surface area contributed by atoms with E-state index in [2.05, 4.69) is 30.4 Å². The van der Waals surface area contributed by atoms with Gasteiger partial charge in [-0.25, -0.2) is 0 Å². The van der Waals surface area contributed by atoms with E-state index in [4.69, 9.17) is 0 Å². The van der Waals surface area contributed by atoms with E-state index in [9.17, 15) is 9.59 Å². The summed E-state index contributed by atoms with van der Waals surface area (Å²) >= 11 is 0. The summed E-state index contributed by atoms with van der Waals surface area (Å²) in [6, 6.07) is 16.1. The topological polar surface area (TPSA) is 52.7 Å². The van der Waals surface area contributed by atoms with Gasteiger partial charge in [-0.3, -0.25) is 9.59 Å². The van der Waals surface area contributed by atoms with Crippen LogP contribution >= 0.6 is 0 Å². The van der Waals surface area contributed by atoms with Gasteiger partial charge in [-0.15, -0.1) is 0 Å². The lowest BCUT2D eigenvalue weighted by atomic mass is 10.1. The quantitative estimate of drug-likeness (QED) is 0.712. The standard InChI is InChI=1S/C24H31N3O2/c1-18-5-4-6-20(15-18)17-27(24(29)21-9-10-21)22-11-7-19(8-12-22)16-23(28)25-13-14-26(2)3/h4-8,11-12,15,21H,9-10,13-14,16-17H2,1-3H3,(H,25,28). The Morgan fingerprint density at radius 3 is 2.38 bits per heavy atom. The second kappa shape index (κ2) is 9.70. The van der Waals surface area contributed by atoms with Crippen molar-refractivity contribution in [1.82, 2.24) is 10.2 Å². The molecule has 2 aromatic carbocycles. The van der Waals surface area contributed by atoms with Crippen molar-refractivity contribution in [3.63, 3.8) is 0 Å². The van der Waals surface area contributed by atoms with Gasteiger partial charge < -0.3 is 15.1 Å². The van der Waals surface area contributed by atoms with Crippen LogP contribution in [0.25, 0.3) is 0 Å². The number of rotatable bonds is 9. The first-order valence-electron chi connectivity index (χ1n) is 10.3. The van der Waals surface area contributed by atoms with E-state index in [-0.39, 0.29) is 17.7 Å². The normalized spacial score (nSPS) is 13.4. The van der Waals surface area contributed by atoms with Crippen molar-refractivity contribution >= 4 is 17.5 Å². The Morgan fingerprint density at radius 1 is 1.03 bits per heavy atom. The number of hydrogen-bond donors (Lipinski definition) is 1. The fourth-order valence-electron chi connectivity index (χ4n) is 3.30. The number of aryl methyl sites for hydroxylation is 1. The minimum Gasteiger partial charge on any atom is -0.355 e. The van der Waals surface area contributed by atoms with E-state index in [0.717, 1.165) is 36.2 Å². The highest BCUT2D eigenvalue weighted by Crippen LogP contribution is 2.33. The summed E-state index contributed by atoms with van der Waals surface area (Å²) in [4.78, 5) is 28.9. The van der Waals surface area contributed by atoms with Crippen LogP contribution < -0.4 is 10.2 Å². The summed E-state index contributed by atoms with van der Waals surface area (Å²) in [7, 11) is 3.96. The number of hydrogen-bond acceptors (Lipinski definition) is 3. The van der Waals surface area contributed by atoms with Gasteiger partial charge in [0.1, 0.15) is 0 Å². The number of amides is 2. The molecule has 5 heteroatoms. The molecule has 29 heavy (non-hydrogen) atoms. The van der Waals surface area contributed by atoms with Crippen molar-refractivity contribution in [1.29, 1.82) is 0 Å². The number of anilines is 1. The first-order valence-corrected chi connectivity index (χ1v) is 10.3. The summed E-state index contributed by atoms with van der Waals surface area (Å²) in [5.74, 6) is 0.368. The molecule has 0 aliphatic heterocycles. The molecular formula is C24H31N3O2. The van der Waals surface area contributed by atoms with Gasteiger partial charge in [0.05, 0.1) is 13.0 Å². The Morgan fingerprint density at radius 2 is 1.76 bits per heavy atom. The minimum atomic E-state index is 0.0188. The van der Waals surface area contributed by atoms with E-state index in [1.54, 1.807) is 0 Å². The molecule has 154 valence electrons. The lowest BCUT2D eigenvalue weighted by Gasteiger charge is -2.23. The van der Waals surface area contributed by atoms with Crippen molar-refractivity contribution in [2.24, 2.45) is 5.92 Å². The predicted molar refractivity (Wildman–Crippen MR) is 117 cm³/mol. The van der Waals surface area contributed by atoms with Gasteiger partial charge in [0.25, 0.3) is 0 Å². The highest BCUT2D eigenvalue weighted by Gasteiger charge is 2.34. The predicted octanol–water partition coefficient (Wildman–Crippen LogP) is 3.16. The fraction of sp³-hybridized carbons (Fsp3) is 0.417. The Labute approximate surface area is 173 Å². The summed E-state index contributed by atoms with van der Waals surface area (Å²) in [5, 5.41) is 2.93. The average Bonchev–Trinajstić information content (AvgIpc) is 3.51. The highest BCUT2D eigenvalue weighted by molar-refractivity contribution is 5.96. The molecule has 0 atom stereocenters. The molecule has 5 nitrogen and oxygen atoms in total. The van der Waals surface area contributed by atoms with E-state index < -0.39 is 0 Å². The van der Waals surface area contributed by atoms with E-state index >= 15 is 0 Å². The van der Waals surface area contributed by atoms with Crippen molar-refractivity contribution < 1.29 is 9.59 Å². The van der Waals surface area contributed by atoms with Crippen LogP contribution in [-0.2, 0) is 22.6 Å². The third-order valence-corrected chi connectivity index (χ3v) is 5.11. The van der Waals surface area contributed by atoms with Crippen LogP contribution in [0.3, 0.4) is 0 Å². The van der Waals surface area contributed by atoms with Crippen molar-refractivity contribution in [3.05, 3.63) is 65.2 Å². The molecule has 0 spiro atoms. The molecule has 3 rings (SSSR count). The zero-order valence-corrected chi connectivity index (χ0v) is 17.6. The largest absolute Gasteiger partial charge is 0.355 e. The molecule has 0 saturated heterocycles. The Balaban J connectivity index is 1.66. The number of likely N-dealkylation sites (N-methyl/N-ethyl adjacent to an activating group) is 1. The summed E-state index contributed by atoms with van der Waals surface area (Å²) in [5.41, 5.74) is 4.16. The highest BCUT2D eigenvalue weighted by atomic mass is 16.2. The Bertz CT molecular complexity index is 841. The second-order valence-electron chi connectivity index (χ2n) is 8.18. The number of benzene rings is 2. The van der Waals surface area contributed by atoms with Gasteiger partial charge in [-0.05, 0) is 57.1 Å². The summed E-state index contributed by atoms with van der Waals surface area (Å²) < 4.78 is 0. The maximum atomic E-state index is 12.9. The van der Waals surface area contributed by atoms with Crippen LogP contribution in [-0.4, -0.2) is 43.9 Å². The van der Waals surface area contributed by atoms with Crippen molar-refractivity contribution in [3.8, 4) is 0 Å². The molecule has 1 aliphatic carbocycles. The van der Waals surface area contributed by atoms with Gasteiger partial charge in [-0.2, -0.15) is 0 Å². The molecule has 0 radical (unpaired) electrons. The van der Waals surface area contributed by atoms with Gasteiger partial charge >= 0.3 is 0 Å². The second-order valence-corrected chi connectivity index (χ2v) is 8.18. The van der Waals surface area contributed by atoms with Crippen molar-refractivity contribution in [2.75, 3.05) is 32.1 Å². The molecule has 0 unspecified atom stereocenters. The molecule has 0 heterocycles. The van der Waals surface area contributed by atoms with Crippen LogP contribution in [0.5, 0.6) is 0 Å². The third kappa shape index (κ3) is 6.43. The SMILES string of the molecule is Cc1cccc(CN(C(=O)C2CC2)c2ccc(CC(=O)NCCN(C)C)cc2)c1. The smallest absolute Gasteiger partial charge is 0.230 e. The molecule has 0 bridgehead atoms. The maximum Gasteiger partial charge on any atom is 0.230 e. The monoisotopic (exact) mass is 393 g/mol. The number of carbonyl (C=O) groups excluding carboxylic acids is 2. The van der Waals surface area contributed by atoms with E-state index in [1.165, 1.54) is 5.56 Å². The first-order chi connectivity index (χ1) is 13.9. The fourth-order valence-corrected chi connectivity index (χ4v) is 3.30. The molecule has 2 aromatic rings. The van der Waals surface area contributed by atoms with Crippen LogP contribution in [0.1, 0.15) is 29.5 Å². The Hall–Kier alpha value is -2.66. The number of nitrogens with one attached hydrogen (secondary N) is 1. The van der Waals surface area contributed by atoms with E-state index in [0.29, 0.717) is 19.5 Å². The Kier molecular flexibility index (Phi) is 7.04. The molecule has 1 saturated carbocycles.